The van der Waals surface area contributed by atoms with Crippen LogP contribution in [0.1, 0.15) is 0 Å². The van der Waals surface area contributed by atoms with Gasteiger partial charge in [0, 0.05) is 5.56 Å². The van der Waals surface area contributed by atoms with Gasteiger partial charge in [0.2, 0.25) is 0 Å². The van der Waals surface area contributed by atoms with E-state index >= 15 is 0 Å². The van der Waals surface area contributed by atoms with Crippen molar-refractivity contribution < 1.29 is 13.2 Å². The molecule has 0 nitrogen and oxygen atoms in total. The lowest BCUT2D eigenvalue weighted by Gasteiger charge is -2.08. The van der Waals surface area contributed by atoms with Crippen molar-refractivity contribution >= 4 is 11.6 Å². The number of hydrogen-bond acceptors (Lipinski definition) is 0. The highest BCUT2D eigenvalue weighted by Gasteiger charge is 2.17. The Morgan fingerprint density at radius 3 is 1.62 bits per heavy atom. The minimum absolute atomic E-state index is 0.0241. The van der Waals surface area contributed by atoms with E-state index in [4.69, 9.17) is 11.6 Å². The van der Waals surface area contributed by atoms with Gasteiger partial charge in [0.15, 0.2) is 0 Å². The van der Waals surface area contributed by atoms with Crippen LogP contribution in [0.25, 0.3) is 11.1 Å². The summed E-state index contributed by atoms with van der Waals surface area (Å²) in [6.07, 6.45) is 0. The van der Waals surface area contributed by atoms with E-state index in [0.717, 1.165) is 18.2 Å². The summed E-state index contributed by atoms with van der Waals surface area (Å²) in [5.74, 6) is -2.43. The summed E-state index contributed by atoms with van der Waals surface area (Å²) < 4.78 is 40.3. The van der Waals surface area contributed by atoms with Crippen molar-refractivity contribution in [2.45, 2.75) is 0 Å². The van der Waals surface area contributed by atoms with E-state index in [1.54, 1.807) is 0 Å². The van der Waals surface area contributed by atoms with E-state index in [1.807, 2.05) is 0 Å². The van der Waals surface area contributed by atoms with Gasteiger partial charge in [0.05, 0.1) is 10.6 Å². The van der Waals surface area contributed by atoms with Gasteiger partial charge >= 0.3 is 0 Å². The van der Waals surface area contributed by atoms with Crippen LogP contribution in [-0.4, -0.2) is 0 Å². The predicted octanol–water partition coefficient (Wildman–Crippen LogP) is 4.42. The first-order valence-corrected chi connectivity index (χ1v) is 4.87. The van der Waals surface area contributed by atoms with Gasteiger partial charge in [-0.3, -0.25) is 0 Å². The molecule has 0 atom stereocenters. The number of benzene rings is 2. The molecule has 0 aliphatic rings. The summed E-state index contributed by atoms with van der Waals surface area (Å²) in [4.78, 5) is 0. The van der Waals surface area contributed by atoms with Crippen LogP contribution in [0.5, 0.6) is 0 Å². The minimum Gasteiger partial charge on any atom is -0.206 e. The maximum absolute atomic E-state index is 13.5. The number of halogens is 4. The highest BCUT2D eigenvalue weighted by Crippen LogP contribution is 2.33. The Bertz CT molecular complexity index is 448. The maximum Gasteiger partial charge on any atom is 0.134 e. The SMILES string of the molecule is Fc1cccc(F)c1-c1c(F)cccc1Cl. The summed E-state index contributed by atoms with van der Waals surface area (Å²) >= 11 is 5.73. The molecule has 0 radical (unpaired) electrons. The fourth-order valence-corrected chi connectivity index (χ4v) is 1.73. The predicted molar refractivity (Wildman–Crippen MR) is 56.8 cm³/mol. The van der Waals surface area contributed by atoms with E-state index < -0.39 is 23.0 Å². The molecule has 2 aromatic rings. The highest BCUT2D eigenvalue weighted by atomic mass is 35.5. The third-order valence-corrected chi connectivity index (χ3v) is 2.49. The normalized spacial score (nSPS) is 10.5. The topological polar surface area (TPSA) is 0 Å². The van der Waals surface area contributed by atoms with Gasteiger partial charge < -0.3 is 0 Å². The van der Waals surface area contributed by atoms with E-state index in [9.17, 15) is 13.2 Å². The van der Waals surface area contributed by atoms with Gasteiger partial charge in [-0.25, -0.2) is 13.2 Å². The Hall–Kier alpha value is -1.48. The van der Waals surface area contributed by atoms with E-state index in [2.05, 4.69) is 0 Å². The van der Waals surface area contributed by atoms with E-state index in [-0.39, 0.29) is 10.6 Å². The average Bonchev–Trinajstić information content (AvgIpc) is 2.21. The van der Waals surface area contributed by atoms with Gasteiger partial charge in [-0.15, -0.1) is 0 Å². The molecule has 0 aliphatic heterocycles. The Kier molecular flexibility index (Phi) is 2.88. The average molecular weight is 243 g/mol. The summed E-state index contributed by atoms with van der Waals surface area (Å²) in [6, 6.07) is 7.18. The van der Waals surface area contributed by atoms with Gasteiger partial charge in [-0.2, -0.15) is 0 Å². The largest absolute Gasteiger partial charge is 0.206 e. The van der Waals surface area contributed by atoms with Gasteiger partial charge in [0.1, 0.15) is 17.5 Å². The first-order valence-electron chi connectivity index (χ1n) is 4.49. The van der Waals surface area contributed by atoms with Crippen LogP contribution in [0.3, 0.4) is 0 Å². The van der Waals surface area contributed by atoms with Crippen molar-refractivity contribution in [1.82, 2.24) is 0 Å². The molecule has 0 amide bonds. The zero-order valence-electron chi connectivity index (χ0n) is 7.98. The van der Waals surface area contributed by atoms with Gasteiger partial charge in [-0.1, -0.05) is 23.7 Å². The van der Waals surface area contributed by atoms with Crippen LogP contribution in [0.4, 0.5) is 13.2 Å². The fraction of sp³-hybridized carbons (Fsp3) is 0. The molecule has 0 fully saturated rings. The summed E-state index contributed by atoms with van der Waals surface area (Å²) in [6.45, 7) is 0. The lowest BCUT2D eigenvalue weighted by Crippen LogP contribution is -1.93. The van der Waals surface area contributed by atoms with Crippen molar-refractivity contribution in [3.05, 3.63) is 58.9 Å². The Balaban J connectivity index is 2.77. The van der Waals surface area contributed by atoms with Crippen LogP contribution in [-0.2, 0) is 0 Å². The molecule has 0 unspecified atom stereocenters. The Morgan fingerprint density at radius 1 is 0.688 bits per heavy atom. The molecule has 2 aromatic carbocycles. The molecule has 2 rings (SSSR count). The summed E-state index contributed by atoms with van der Waals surface area (Å²) in [5.41, 5.74) is -0.689. The van der Waals surface area contributed by atoms with Crippen molar-refractivity contribution in [1.29, 1.82) is 0 Å². The molecule has 0 spiro atoms. The molecule has 16 heavy (non-hydrogen) atoms. The Labute approximate surface area is 95.3 Å². The second kappa shape index (κ2) is 4.18. The quantitative estimate of drug-likeness (QED) is 0.694. The zero-order valence-corrected chi connectivity index (χ0v) is 8.73. The smallest absolute Gasteiger partial charge is 0.134 e. The van der Waals surface area contributed by atoms with Crippen molar-refractivity contribution in [3.8, 4) is 11.1 Å². The molecule has 0 bridgehead atoms. The molecule has 0 saturated heterocycles. The Morgan fingerprint density at radius 2 is 1.12 bits per heavy atom. The summed E-state index contributed by atoms with van der Waals surface area (Å²) in [5, 5.41) is -0.0241. The molecule has 0 heterocycles. The monoisotopic (exact) mass is 242 g/mol. The standard InChI is InChI=1S/C12H6ClF3/c13-7-3-1-4-8(14)11(7)12-9(15)5-2-6-10(12)16/h1-6H. The first kappa shape index (κ1) is 11.0. The van der Waals surface area contributed by atoms with Crippen LogP contribution in [0.2, 0.25) is 5.02 Å². The summed E-state index contributed by atoms with van der Waals surface area (Å²) in [7, 11) is 0. The molecule has 82 valence electrons. The molecule has 0 aromatic heterocycles. The zero-order chi connectivity index (χ0) is 11.7. The molecule has 0 N–H and O–H groups in total. The van der Waals surface area contributed by atoms with E-state index in [1.165, 1.54) is 18.2 Å². The lowest BCUT2D eigenvalue weighted by atomic mass is 10.0. The number of rotatable bonds is 1. The molecular weight excluding hydrogens is 237 g/mol. The fourth-order valence-electron chi connectivity index (χ4n) is 1.47. The van der Waals surface area contributed by atoms with Crippen LogP contribution < -0.4 is 0 Å². The second-order valence-electron chi connectivity index (χ2n) is 3.19. The second-order valence-corrected chi connectivity index (χ2v) is 3.60. The maximum atomic E-state index is 13.5. The lowest BCUT2D eigenvalue weighted by molar-refractivity contribution is 0.582. The van der Waals surface area contributed by atoms with Gasteiger partial charge in [-0.05, 0) is 24.3 Å². The van der Waals surface area contributed by atoms with Crippen molar-refractivity contribution in [3.63, 3.8) is 0 Å². The van der Waals surface area contributed by atoms with E-state index in [0.29, 0.717) is 0 Å². The van der Waals surface area contributed by atoms with Crippen molar-refractivity contribution in [2.75, 3.05) is 0 Å². The molecule has 4 heteroatoms. The third-order valence-electron chi connectivity index (χ3n) is 2.18. The molecular formula is C12H6ClF3. The van der Waals surface area contributed by atoms with Gasteiger partial charge in [0.25, 0.3) is 0 Å². The van der Waals surface area contributed by atoms with Crippen LogP contribution >= 0.6 is 11.6 Å². The minimum atomic E-state index is -0.841. The number of hydrogen-bond donors (Lipinski definition) is 0. The third kappa shape index (κ3) is 1.78. The first-order chi connectivity index (χ1) is 7.61. The van der Waals surface area contributed by atoms with Crippen LogP contribution in [0.15, 0.2) is 36.4 Å². The van der Waals surface area contributed by atoms with Crippen LogP contribution in [0, 0.1) is 17.5 Å². The molecule has 0 aliphatic carbocycles. The molecule has 0 saturated carbocycles. The highest BCUT2D eigenvalue weighted by molar-refractivity contribution is 6.33. The van der Waals surface area contributed by atoms with Crippen molar-refractivity contribution in [2.24, 2.45) is 0 Å².